The normalized spacial score (nSPS) is 19.2. The van der Waals surface area contributed by atoms with Crippen molar-refractivity contribution >= 4 is 0 Å². The van der Waals surface area contributed by atoms with Gasteiger partial charge in [0.15, 0.2) is 0 Å². The van der Waals surface area contributed by atoms with E-state index in [9.17, 15) is 0 Å². The fourth-order valence-electron chi connectivity index (χ4n) is 2.36. The Kier molecular flexibility index (Phi) is 3.82. The molecule has 1 atom stereocenters. The summed E-state index contributed by atoms with van der Waals surface area (Å²) in [6, 6.07) is 0.420. The molecule has 0 aromatic carbocycles. The molecule has 1 fully saturated rings. The first-order valence-corrected chi connectivity index (χ1v) is 6.83. The summed E-state index contributed by atoms with van der Waals surface area (Å²) in [5, 5.41) is 12.0. The van der Waals surface area contributed by atoms with Gasteiger partial charge in [0.25, 0.3) is 0 Å². The van der Waals surface area contributed by atoms with Crippen LogP contribution in [-0.2, 0) is 6.54 Å². The maximum atomic E-state index is 4.20. The van der Waals surface area contributed by atoms with E-state index in [1.165, 1.54) is 25.0 Å². The Morgan fingerprint density at radius 2 is 2.18 bits per heavy atom. The first-order chi connectivity index (χ1) is 8.21. The van der Waals surface area contributed by atoms with Gasteiger partial charge in [-0.3, -0.25) is 0 Å². The molecule has 17 heavy (non-hydrogen) atoms. The van der Waals surface area contributed by atoms with Crippen molar-refractivity contribution in [3.63, 3.8) is 0 Å². The van der Waals surface area contributed by atoms with E-state index in [1.54, 1.807) is 0 Å². The SMILES string of the molecule is CCCNC(c1cnnn1CCC)C1(C)CC1. The molecule has 1 aliphatic carbocycles. The van der Waals surface area contributed by atoms with Crippen LogP contribution in [0.15, 0.2) is 6.20 Å². The van der Waals surface area contributed by atoms with Crippen LogP contribution >= 0.6 is 0 Å². The molecule has 1 aromatic rings. The number of aryl methyl sites for hydroxylation is 1. The zero-order valence-electron chi connectivity index (χ0n) is 11.2. The van der Waals surface area contributed by atoms with Crippen molar-refractivity contribution in [2.24, 2.45) is 5.41 Å². The highest BCUT2D eigenvalue weighted by Crippen LogP contribution is 2.54. The van der Waals surface area contributed by atoms with Crippen LogP contribution in [0.2, 0.25) is 0 Å². The van der Waals surface area contributed by atoms with Crippen molar-refractivity contribution in [3.05, 3.63) is 11.9 Å². The molecule has 96 valence electrons. The van der Waals surface area contributed by atoms with Crippen LogP contribution in [0.1, 0.15) is 58.2 Å². The highest BCUT2D eigenvalue weighted by molar-refractivity contribution is 5.13. The molecule has 0 bridgehead atoms. The maximum Gasteiger partial charge on any atom is 0.0762 e. The smallest absolute Gasteiger partial charge is 0.0762 e. The second kappa shape index (κ2) is 5.17. The molecule has 0 radical (unpaired) electrons. The van der Waals surface area contributed by atoms with Crippen molar-refractivity contribution in [2.75, 3.05) is 6.54 Å². The summed E-state index contributed by atoms with van der Waals surface area (Å²) in [7, 11) is 0. The minimum Gasteiger partial charge on any atom is -0.308 e. The van der Waals surface area contributed by atoms with Crippen LogP contribution < -0.4 is 5.32 Å². The summed E-state index contributed by atoms with van der Waals surface area (Å²) < 4.78 is 2.07. The minimum absolute atomic E-state index is 0.419. The van der Waals surface area contributed by atoms with Gasteiger partial charge in [-0.1, -0.05) is 26.0 Å². The first-order valence-electron chi connectivity index (χ1n) is 6.83. The lowest BCUT2D eigenvalue weighted by molar-refractivity contribution is 0.341. The van der Waals surface area contributed by atoms with Crippen molar-refractivity contribution in [2.45, 2.75) is 59.0 Å². The molecule has 1 aromatic heterocycles. The number of rotatable bonds is 7. The molecule has 0 spiro atoms. The second-order valence-corrected chi connectivity index (χ2v) is 5.42. The Balaban J connectivity index is 2.16. The zero-order chi connectivity index (χ0) is 12.3. The number of nitrogens with one attached hydrogen (secondary N) is 1. The van der Waals surface area contributed by atoms with E-state index in [1.807, 2.05) is 6.20 Å². The van der Waals surface area contributed by atoms with Gasteiger partial charge in [-0.2, -0.15) is 0 Å². The lowest BCUT2D eigenvalue weighted by Crippen LogP contribution is -2.31. The molecule has 4 nitrogen and oxygen atoms in total. The van der Waals surface area contributed by atoms with Gasteiger partial charge in [-0.05, 0) is 37.6 Å². The molecule has 2 rings (SSSR count). The van der Waals surface area contributed by atoms with Gasteiger partial charge < -0.3 is 5.32 Å². The van der Waals surface area contributed by atoms with Crippen LogP contribution in [-0.4, -0.2) is 21.5 Å². The van der Waals surface area contributed by atoms with E-state index < -0.39 is 0 Å². The van der Waals surface area contributed by atoms with Gasteiger partial charge in [0.2, 0.25) is 0 Å². The van der Waals surface area contributed by atoms with Crippen LogP contribution in [0.4, 0.5) is 0 Å². The lowest BCUT2D eigenvalue weighted by Gasteiger charge is -2.25. The van der Waals surface area contributed by atoms with Gasteiger partial charge in [0.1, 0.15) is 0 Å². The van der Waals surface area contributed by atoms with Crippen molar-refractivity contribution in [1.29, 1.82) is 0 Å². The predicted molar refractivity (Wildman–Crippen MR) is 68.7 cm³/mol. The largest absolute Gasteiger partial charge is 0.308 e. The van der Waals surface area contributed by atoms with E-state index in [-0.39, 0.29) is 0 Å². The summed E-state index contributed by atoms with van der Waals surface area (Å²) in [5.74, 6) is 0. The van der Waals surface area contributed by atoms with Crippen LogP contribution in [0.3, 0.4) is 0 Å². The summed E-state index contributed by atoms with van der Waals surface area (Å²) >= 11 is 0. The molecular weight excluding hydrogens is 212 g/mol. The molecule has 0 saturated heterocycles. The van der Waals surface area contributed by atoms with Crippen LogP contribution in [0.25, 0.3) is 0 Å². The minimum atomic E-state index is 0.419. The second-order valence-electron chi connectivity index (χ2n) is 5.42. The molecular formula is C13H24N4. The third-order valence-electron chi connectivity index (χ3n) is 3.71. The number of nitrogens with zero attached hydrogens (tertiary/aromatic N) is 3. The molecule has 0 amide bonds. The summed E-state index contributed by atoms with van der Waals surface area (Å²) in [6.07, 6.45) is 6.83. The topological polar surface area (TPSA) is 42.7 Å². The average molecular weight is 236 g/mol. The molecule has 1 aliphatic rings. The van der Waals surface area contributed by atoms with Gasteiger partial charge in [-0.15, -0.1) is 5.10 Å². The zero-order valence-corrected chi connectivity index (χ0v) is 11.2. The monoisotopic (exact) mass is 236 g/mol. The Morgan fingerprint density at radius 1 is 1.41 bits per heavy atom. The highest BCUT2D eigenvalue weighted by Gasteiger charge is 2.46. The number of hydrogen-bond acceptors (Lipinski definition) is 3. The fraction of sp³-hybridized carbons (Fsp3) is 0.846. The van der Waals surface area contributed by atoms with Gasteiger partial charge in [0, 0.05) is 6.54 Å². The van der Waals surface area contributed by atoms with E-state index in [2.05, 4.69) is 41.1 Å². The molecule has 1 saturated carbocycles. The lowest BCUT2D eigenvalue weighted by atomic mass is 9.96. The maximum absolute atomic E-state index is 4.20. The van der Waals surface area contributed by atoms with Crippen molar-refractivity contribution < 1.29 is 0 Å². The van der Waals surface area contributed by atoms with Gasteiger partial charge in [-0.25, -0.2) is 4.68 Å². The van der Waals surface area contributed by atoms with E-state index >= 15 is 0 Å². The first kappa shape index (κ1) is 12.6. The molecule has 1 unspecified atom stereocenters. The molecule has 4 heteroatoms. The summed E-state index contributed by atoms with van der Waals surface area (Å²) in [5.41, 5.74) is 1.68. The average Bonchev–Trinajstić information content (AvgIpc) is 2.89. The molecule has 1 N–H and O–H groups in total. The van der Waals surface area contributed by atoms with Crippen LogP contribution in [0, 0.1) is 5.41 Å². The van der Waals surface area contributed by atoms with Gasteiger partial charge in [0.05, 0.1) is 17.9 Å². The number of aromatic nitrogens is 3. The summed E-state index contributed by atoms with van der Waals surface area (Å²) in [6.45, 7) is 8.79. The fourth-order valence-corrected chi connectivity index (χ4v) is 2.36. The third-order valence-corrected chi connectivity index (χ3v) is 3.71. The summed E-state index contributed by atoms with van der Waals surface area (Å²) in [4.78, 5) is 0. The highest BCUT2D eigenvalue weighted by atomic mass is 15.4. The van der Waals surface area contributed by atoms with Crippen molar-refractivity contribution in [3.8, 4) is 0 Å². The Labute approximate surface area is 104 Å². The van der Waals surface area contributed by atoms with E-state index in [0.717, 1.165) is 19.5 Å². The van der Waals surface area contributed by atoms with Crippen LogP contribution in [0.5, 0.6) is 0 Å². The van der Waals surface area contributed by atoms with E-state index in [4.69, 9.17) is 0 Å². The Bertz CT molecular complexity index is 354. The molecule has 1 heterocycles. The van der Waals surface area contributed by atoms with Gasteiger partial charge >= 0.3 is 0 Å². The quantitative estimate of drug-likeness (QED) is 0.791. The third kappa shape index (κ3) is 2.68. The predicted octanol–water partition coefficient (Wildman–Crippen LogP) is 2.53. The Hall–Kier alpha value is -0.900. The van der Waals surface area contributed by atoms with Crippen molar-refractivity contribution in [1.82, 2.24) is 20.3 Å². The number of hydrogen-bond donors (Lipinski definition) is 1. The standard InChI is InChI=1S/C13H24N4/c1-4-8-14-12(13(3)6-7-13)11-10-15-16-17(11)9-5-2/h10,12,14H,4-9H2,1-3H3. The Morgan fingerprint density at radius 3 is 2.76 bits per heavy atom. The van der Waals surface area contributed by atoms with E-state index in [0.29, 0.717) is 11.5 Å². The molecule has 0 aliphatic heterocycles.